The van der Waals surface area contributed by atoms with Gasteiger partial charge in [-0.3, -0.25) is 0 Å². The van der Waals surface area contributed by atoms with Gasteiger partial charge in [0.2, 0.25) is 0 Å². The van der Waals surface area contributed by atoms with Gasteiger partial charge in [-0.25, -0.2) is 4.39 Å². The van der Waals surface area contributed by atoms with Gasteiger partial charge >= 0.3 is 0 Å². The number of ether oxygens (including phenoxy) is 1. The molecule has 1 unspecified atom stereocenters. The molecule has 3 aliphatic rings. The molecule has 1 atom stereocenters. The zero-order valence-corrected chi connectivity index (χ0v) is 26.3. The quantitative estimate of drug-likeness (QED) is 0.194. The molecule has 2 heteroatoms. The van der Waals surface area contributed by atoms with Crippen LogP contribution >= 0.6 is 0 Å². The van der Waals surface area contributed by atoms with E-state index in [9.17, 15) is 4.39 Å². The van der Waals surface area contributed by atoms with Crippen molar-refractivity contribution >= 4 is 27.6 Å². The van der Waals surface area contributed by atoms with Gasteiger partial charge in [-0.05, 0) is 72.3 Å². The van der Waals surface area contributed by atoms with Crippen molar-refractivity contribution in [1.82, 2.24) is 0 Å². The van der Waals surface area contributed by atoms with Crippen molar-refractivity contribution in [2.45, 2.75) is 31.5 Å². The normalized spacial score (nSPS) is 17.7. The van der Waals surface area contributed by atoms with E-state index in [-0.39, 0.29) is 5.41 Å². The van der Waals surface area contributed by atoms with Gasteiger partial charge < -0.3 is 4.74 Å². The van der Waals surface area contributed by atoms with Crippen molar-refractivity contribution in [3.05, 3.63) is 167 Å². The molecule has 0 spiro atoms. The second-order valence-corrected chi connectivity index (χ2v) is 13.6. The van der Waals surface area contributed by atoms with Crippen LogP contribution in [0.15, 0.2) is 133 Å². The van der Waals surface area contributed by atoms with Crippen molar-refractivity contribution in [1.29, 1.82) is 0 Å². The molecular weight excluding hydrogens is 575 g/mol. The summed E-state index contributed by atoms with van der Waals surface area (Å²) in [6.45, 7) is 4.06. The minimum atomic E-state index is -0.867. The second kappa shape index (κ2) is 9.30. The molecule has 0 N–H and O–H groups in total. The third-order valence-electron chi connectivity index (χ3n) is 10.9. The van der Waals surface area contributed by atoms with Crippen molar-refractivity contribution in [2.75, 3.05) is 0 Å². The summed E-state index contributed by atoms with van der Waals surface area (Å²) in [6, 6.07) is 45.3. The smallest absolute Gasteiger partial charge is 0.178 e. The Balaban J connectivity index is 1.28. The number of hydrogen-bond donors (Lipinski definition) is 0. The molecule has 0 bridgehead atoms. The van der Waals surface area contributed by atoms with Crippen molar-refractivity contribution in [3.63, 3.8) is 0 Å². The zero-order valence-electron chi connectivity index (χ0n) is 26.3. The number of alkyl halides is 1. The topological polar surface area (TPSA) is 9.23 Å². The Morgan fingerprint density at radius 3 is 2.04 bits per heavy atom. The van der Waals surface area contributed by atoms with Crippen LogP contribution in [0.3, 0.4) is 0 Å². The predicted octanol–water partition coefficient (Wildman–Crippen LogP) is 11.8. The molecule has 0 saturated heterocycles. The molecule has 0 fully saturated rings. The Bertz CT molecular complexity index is 2470. The molecule has 10 rings (SSSR count). The van der Waals surface area contributed by atoms with Crippen molar-refractivity contribution in [2.24, 2.45) is 0 Å². The summed E-state index contributed by atoms with van der Waals surface area (Å²) in [5.41, 5.74) is 12.7. The maximum Gasteiger partial charge on any atom is 0.178 e. The van der Waals surface area contributed by atoms with E-state index in [1.54, 1.807) is 0 Å². The molecule has 1 aliphatic heterocycles. The van der Waals surface area contributed by atoms with Crippen LogP contribution in [0.25, 0.3) is 61.0 Å². The fraction of sp³-hybridized carbons (Fsp3) is 0.111. The average molecular weight is 607 g/mol. The third-order valence-corrected chi connectivity index (χ3v) is 10.9. The van der Waals surface area contributed by atoms with Gasteiger partial charge in [-0.2, -0.15) is 0 Å². The van der Waals surface area contributed by atoms with E-state index in [2.05, 4.69) is 147 Å². The first kappa shape index (κ1) is 26.7. The second-order valence-electron chi connectivity index (χ2n) is 13.6. The minimum absolute atomic E-state index is 0.335. The number of halogens is 1. The van der Waals surface area contributed by atoms with Crippen molar-refractivity contribution in [3.8, 4) is 39.1 Å². The maximum absolute atomic E-state index is 13.9. The highest BCUT2D eigenvalue weighted by molar-refractivity contribution is 6.16. The van der Waals surface area contributed by atoms with Crippen LogP contribution in [0.4, 0.5) is 4.39 Å². The standard InChI is InChI=1S/C45H31FO/c1-44(2)39-25-27(26-46)19-20-36(39)41-32-15-8-9-16-34(32)43-37(42(41)44)23-24-45(47-43,28-11-4-3-5-12-28)38-22-21-33-30-14-7-6-13-29(30)31-17-10-18-35(38)40(31)33/h3-25H,26H2,1-2H3. The van der Waals surface area contributed by atoms with Crippen molar-refractivity contribution < 1.29 is 9.13 Å². The number of hydrogen-bond acceptors (Lipinski definition) is 1. The van der Waals surface area contributed by atoms with E-state index in [4.69, 9.17) is 4.74 Å². The first-order valence-electron chi connectivity index (χ1n) is 16.4. The van der Waals surface area contributed by atoms with Crippen LogP contribution in [0.1, 0.15) is 47.2 Å². The summed E-state index contributed by atoms with van der Waals surface area (Å²) >= 11 is 0. The first-order chi connectivity index (χ1) is 23.0. The van der Waals surface area contributed by atoms with E-state index in [0.29, 0.717) is 5.56 Å². The summed E-state index contributed by atoms with van der Waals surface area (Å²) in [5, 5.41) is 4.73. The van der Waals surface area contributed by atoms with E-state index >= 15 is 0 Å². The van der Waals surface area contributed by atoms with Gasteiger partial charge in [0, 0.05) is 27.5 Å². The maximum atomic E-state index is 13.9. The van der Waals surface area contributed by atoms with Gasteiger partial charge in [0.1, 0.15) is 12.4 Å². The number of benzene rings is 7. The molecule has 1 nitrogen and oxygen atoms in total. The monoisotopic (exact) mass is 606 g/mol. The van der Waals surface area contributed by atoms with E-state index < -0.39 is 12.3 Å². The first-order valence-corrected chi connectivity index (χ1v) is 16.4. The Kier molecular flexibility index (Phi) is 5.29. The summed E-state index contributed by atoms with van der Waals surface area (Å²) in [4.78, 5) is 0. The molecule has 2 aliphatic carbocycles. The van der Waals surface area contributed by atoms with Gasteiger partial charge in [0.05, 0.1) is 0 Å². The lowest BCUT2D eigenvalue weighted by Gasteiger charge is -2.39. The summed E-state index contributed by atoms with van der Waals surface area (Å²) < 4.78 is 21.5. The molecule has 7 aromatic rings. The fourth-order valence-corrected chi connectivity index (χ4v) is 8.84. The van der Waals surface area contributed by atoms with E-state index in [0.717, 1.165) is 33.2 Å². The minimum Gasteiger partial charge on any atom is -0.472 e. The summed E-state index contributed by atoms with van der Waals surface area (Å²) in [6.07, 6.45) is 4.58. The van der Waals surface area contributed by atoms with Crippen LogP contribution in [0.5, 0.6) is 5.75 Å². The van der Waals surface area contributed by atoms with Gasteiger partial charge in [0.25, 0.3) is 0 Å². The predicted molar refractivity (Wildman–Crippen MR) is 192 cm³/mol. The Morgan fingerprint density at radius 1 is 0.596 bits per heavy atom. The third kappa shape index (κ3) is 3.37. The van der Waals surface area contributed by atoms with Crippen LogP contribution in [0, 0.1) is 0 Å². The van der Waals surface area contributed by atoms with Crippen LogP contribution in [0.2, 0.25) is 0 Å². The van der Waals surface area contributed by atoms with Gasteiger partial charge in [-0.15, -0.1) is 0 Å². The fourth-order valence-electron chi connectivity index (χ4n) is 8.84. The molecule has 47 heavy (non-hydrogen) atoms. The van der Waals surface area contributed by atoms with E-state index in [1.165, 1.54) is 55.3 Å². The van der Waals surface area contributed by atoms with Crippen LogP contribution < -0.4 is 4.74 Å². The lowest BCUT2D eigenvalue weighted by Crippen LogP contribution is -2.35. The highest BCUT2D eigenvalue weighted by atomic mass is 19.1. The molecule has 0 radical (unpaired) electrons. The number of fused-ring (bicyclic) bond motifs is 11. The molecule has 0 aromatic heterocycles. The van der Waals surface area contributed by atoms with Gasteiger partial charge in [-0.1, -0.05) is 147 Å². The lowest BCUT2D eigenvalue weighted by atomic mass is 9.76. The molecular formula is C45H31FO. The molecule has 0 saturated carbocycles. The Morgan fingerprint density at radius 2 is 1.26 bits per heavy atom. The van der Waals surface area contributed by atoms with E-state index in [1.807, 2.05) is 6.07 Å². The molecule has 7 aromatic carbocycles. The highest BCUT2D eigenvalue weighted by Gasteiger charge is 2.45. The molecule has 1 heterocycles. The molecule has 224 valence electrons. The van der Waals surface area contributed by atoms with Gasteiger partial charge in [0.15, 0.2) is 5.60 Å². The van der Waals surface area contributed by atoms with Crippen LogP contribution in [-0.4, -0.2) is 0 Å². The van der Waals surface area contributed by atoms with Crippen LogP contribution in [-0.2, 0) is 17.7 Å². The summed E-state index contributed by atoms with van der Waals surface area (Å²) in [5.74, 6) is 0.892. The average Bonchev–Trinajstić information content (AvgIpc) is 3.58. The molecule has 0 amide bonds. The highest BCUT2D eigenvalue weighted by Crippen LogP contribution is 2.59. The SMILES string of the molecule is CC1(C)c2cc(CF)ccc2-c2c1c1c(c3ccccc23)OC(c2ccccc2)(c2ccc3c4c(cccc24)-c2ccccc2-3)C=C1. The summed E-state index contributed by atoms with van der Waals surface area (Å²) in [7, 11) is 0. The Hall–Kier alpha value is -5.47. The Labute approximate surface area is 273 Å². The number of rotatable bonds is 3. The largest absolute Gasteiger partial charge is 0.472 e. The zero-order chi connectivity index (χ0) is 31.5. The lowest BCUT2D eigenvalue weighted by molar-refractivity contribution is 0.165.